The van der Waals surface area contributed by atoms with Crippen LogP contribution in [0, 0.1) is 0 Å². The van der Waals surface area contributed by atoms with Crippen molar-refractivity contribution in [2.75, 3.05) is 0 Å². The van der Waals surface area contributed by atoms with Crippen LogP contribution in [0.1, 0.15) is 54.2 Å². The van der Waals surface area contributed by atoms with Crippen molar-refractivity contribution in [3.8, 4) is 22.3 Å². The van der Waals surface area contributed by atoms with E-state index in [0.29, 0.717) is 18.2 Å². The summed E-state index contributed by atoms with van der Waals surface area (Å²) < 4.78 is 0. The average Bonchev–Trinajstić information content (AvgIpc) is 3.57. The average molecular weight is 684 g/mol. The Hall–Kier alpha value is -6.32. The molecule has 256 valence electrons. The van der Waals surface area contributed by atoms with Gasteiger partial charge >= 0.3 is 0 Å². The Bertz CT molecular complexity index is 2750. The van der Waals surface area contributed by atoms with Crippen LogP contribution < -0.4 is 5.73 Å². The molecule has 0 saturated carbocycles. The summed E-state index contributed by atoms with van der Waals surface area (Å²) in [6, 6.07) is 56.2. The van der Waals surface area contributed by atoms with Gasteiger partial charge in [0.1, 0.15) is 5.84 Å². The van der Waals surface area contributed by atoms with Gasteiger partial charge in [-0.05, 0) is 89.3 Å². The summed E-state index contributed by atoms with van der Waals surface area (Å²) in [6.07, 6.45) is 0.856. The highest BCUT2D eigenvalue weighted by Crippen LogP contribution is 2.46. The molecule has 8 aromatic carbocycles. The van der Waals surface area contributed by atoms with Gasteiger partial charge in [-0.3, -0.25) is 4.99 Å². The number of hydrogen-bond donors (Lipinski definition) is 1. The quantitative estimate of drug-likeness (QED) is 0.110. The maximum atomic E-state index is 7.39. The molecule has 2 N–H and O–H groups in total. The highest BCUT2D eigenvalue weighted by molar-refractivity contribution is 6.32. The molecular formula is C50H41N3. The highest BCUT2D eigenvalue weighted by Gasteiger charge is 2.27. The van der Waals surface area contributed by atoms with Gasteiger partial charge in [0.15, 0.2) is 5.84 Å². The lowest BCUT2D eigenvalue weighted by atomic mass is 9.82. The van der Waals surface area contributed by atoms with E-state index in [2.05, 4.69) is 172 Å². The molecule has 0 saturated heterocycles. The van der Waals surface area contributed by atoms with Gasteiger partial charge in [0.05, 0.1) is 6.54 Å². The highest BCUT2D eigenvalue weighted by atomic mass is 15.0. The van der Waals surface area contributed by atoms with E-state index in [9.17, 15) is 0 Å². The van der Waals surface area contributed by atoms with Crippen molar-refractivity contribution in [3.05, 3.63) is 191 Å². The molecule has 0 radical (unpaired) electrons. The molecular weight excluding hydrogens is 643 g/mol. The van der Waals surface area contributed by atoms with Crippen LogP contribution in [0.2, 0.25) is 0 Å². The third kappa shape index (κ3) is 5.79. The largest absolute Gasteiger partial charge is 0.383 e. The predicted molar refractivity (Wildman–Crippen MR) is 225 cm³/mol. The number of amidine groups is 2. The number of rotatable bonds is 5. The standard InChI is InChI=1S/C50H41N3/c1-50(2,3)44-24-14-13-18-37(44)33-25-27-34(28-26-33)49(52-31-32-15-5-4-6-16-32)53-48(51)47-45-36(29-35-17-7-8-19-38(35)45)30-43-41-22-10-9-20-39(41)40-21-11-12-23-42(40)46(43)47/h4-28,30H,29,31H2,1-3H3,(H2,51,52,53). The molecule has 0 fully saturated rings. The molecule has 8 aromatic rings. The molecule has 0 amide bonds. The van der Waals surface area contributed by atoms with Crippen LogP contribution in [0.4, 0.5) is 0 Å². The Kier molecular flexibility index (Phi) is 8.00. The summed E-state index contributed by atoms with van der Waals surface area (Å²) in [5.74, 6) is 1.09. The van der Waals surface area contributed by atoms with Crippen LogP contribution in [-0.4, -0.2) is 11.7 Å². The molecule has 1 aliphatic rings. The maximum Gasteiger partial charge on any atom is 0.157 e. The third-order valence-electron chi connectivity index (χ3n) is 10.7. The van der Waals surface area contributed by atoms with E-state index in [4.69, 9.17) is 15.7 Å². The molecule has 53 heavy (non-hydrogen) atoms. The lowest BCUT2D eigenvalue weighted by molar-refractivity contribution is 0.592. The molecule has 0 heterocycles. The van der Waals surface area contributed by atoms with Crippen LogP contribution in [0.5, 0.6) is 0 Å². The Balaban J connectivity index is 1.28. The molecule has 1 aliphatic carbocycles. The minimum Gasteiger partial charge on any atom is -0.383 e. The first kappa shape index (κ1) is 32.6. The van der Waals surface area contributed by atoms with E-state index in [1.54, 1.807) is 0 Å². The number of nitrogens with two attached hydrogens (primary N) is 1. The summed E-state index contributed by atoms with van der Waals surface area (Å²) >= 11 is 0. The summed E-state index contributed by atoms with van der Waals surface area (Å²) in [4.78, 5) is 10.5. The summed E-state index contributed by atoms with van der Waals surface area (Å²) in [7, 11) is 0. The van der Waals surface area contributed by atoms with E-state index < -0.39 is 0 Å². The summed E-state index contributed by atoms with van der Waals surface area (Å²) in [5, 5.41) is 7.17. The molecule has 0 atom stereocenters. The van der Waals surface area contributed by atoms with Crippen molar-refractivity contribution in [1.82, 2.24) is 0 Å². The van der Waals surface area contributed by atoms with E-state index in [1.807, 2.05) is 6.07 Å². The number of hydrogen-bond acceptors (Lipinski definition) is 1. The van der Waals surface area contributed by atoms with Crippen molar-refractivity contribution >= 4 is 44.0 Å². The number of fused-ring (bicyclic) bond motifs is 9. The SMILES string of the molecule is CC(C)(C)c1ccccc1-c1ccc(C(=NCc2ccccc2)N=C(N)c2c3c(cc4c5ccccc5c5ccccc5c24)Cc2ccccc2-3)cc1. The summed E-state index contributed by atoms with van der Waals surface area (Å²) in [6.45, 7) is 7.28. The fraction of sp³-hybridized carbons (Fsp3) is 0.120. The van der Waals surface area contributed by atoms with Gasteiger partial charge < -0.3 is 5.73 Å². The van der Waals surface area contributed by atoms with E-state index in [0.717, 1.165) is 28.5 Å². The van der Waals surface area contributed by atoms with Gasteiger partial charge in [-0.15, -0.1) is 0 Å². The lowest BCUT2D eigenvalue weighted by Gasteiger charge is -2.23. The summed E-state index contributed by atoms with van der Waals surface area (Å²) in [5.41, 5.74) is 19.1. The molecule has 9 rings (SSSR count). The molecule has 0 unspecified atom stereocenters. The first-order valence-corrected chi connectivity index (χ1v) is 18.5. The van der Waals surface area contributed by atoms with Gasteiger partial charge in [0.25, 0.3) is 0 Å². The number of benzene rings is 8. The van der Waals surface area contributed by atoms with E-state index in [-0.39, 0.29) is 5.41 Å². The molecule has 0 spiro atoms. The Labute approximate surface area is 311 Å². The van der Waals surface area contributed by atoms with Gasteiger partial charge in [0, 0.05) is 16.5 Å². The Morgan fingerprint density at radius 1 is 0.585 bits per heavy atom. The van der Waals surface area contributed by atoms with Crippen LogP contribution in [0.3, 0.4) is 0 Å². The molecule has 0 bridgehead atoms. The maximum absolute atomic E-state index is 7.39. The van der Waals surface area contributed by atoms with Crippen molar-refractivity contribution in [2.24, 2.45) is 15.7 Å². The minimum absolute atomic E-state index is 0.0170. The first-order chi connectivity index (χ1) is 25.8. The second-order valence-corrected chi connectivity index (χ2v) is 15.1. The molecule has 0 aromatic heterocycles. The van der Waals surface area contributed by atoms with Gasteiger partial charge in [0.2, 0.25) is 0 Å². The van der Waals surface area contributed by atoms with E-state index in [1.165, 1.54) is 65.9 Å². The smallest absolute Gasteiger partial charge is 0.157 e. The van der Waals surface area contributed by atoms with Crippen molar-refractivity contribution in [3.63, 3.8) is 0 Å². The van der Waals surface area contributed by atoms with Crippen LogP contribution >= 0.6 is 0 Å². The van der Waals surface area contributed by atoms with Crippen molar-refractivity contribution in [1.29, 1.82) is 0 Å². The normalized spacial score (nSPS) is 13.1. The second-order valence-electron chi connectivity index (χ2n) is 15.1. The predicted octanol–water partition coefficient (Wildman–Crippen LogP) is 12.0. The lowest BCUT2D eigenvalue weighted by Crippen LogP contribution is -2.18. The van der Waals surface area contributed by atoms with E-state index >= 15 is 0 Å². The zero-order valence-corrected chi connectivity index (χ0v) is 30.4. The third-order valence-corrected chi connectivity index (χ3v) is 10.7. The van der Waals surface area contributed by atoms with Crippen LogP contribution in [-0.2, 0) is 18.4 Å². The number of nitrogens with zero attached hydrogens (tertiary/aromatic N) is 2. The first-order valence-electron chi connectivity index (χ1n) is 18.5. The minimum atomic E-state index is 0.0170. The second kappa shape index (κ2) is 13.0. The zero-order chi connectivity index (χ0) is 36.1. The van der Waals surface area contributed by atoms with Gasteiger partial charge in [-0.25, -0.2) is 4.99 Å². The number of aliphatic imine (C=N–C) groups is 2. The fourth-order valence-corrected chi connectivity index (χ4v) is 8.25. The Morgan fingerprint density at radius 2 is 1.17 bits per heavy atom. The fourth-order valence-electron chi connectivity index (χ4n) is 8.25. The molecule has 3 nitrogen and oxygen atoms in total. The topological polar surface area (TPSA) is 50.7 Å². The van der Waals surface area contributed by atoms with Crippen molar-refractivity contribution < 1.29 is 0 Å². The van der Waals surface area contributed by atoms with Crippen molar-refractivity contribution in [2.45, 2.75) is 39.2 Å². The molecule has 3 heteroatoms. The molecule has 0 aliphatic heterocycles. The zero-order valence-electron chi connectivity index (χ0n) is 30.4. The monoisotopic (exact) mass is 683 g/mol. The Morgan fingerprint density at radius 3 is 1.89 bits per heavy atom. The van der Waals surface area contributed by atoms with Gasteiger partial charge in [-0.1, -0.05) is 172 Å². The van der Waals surface area contributed by atoms with Gasteiger partial charge in [-0.2, -0.15) is 0 Å². The van der Waals surface area contributed by atoms with Crippen LogP contribution in [0.15, 0.2) is 168 Å². The van der Waals surface area contributed by atoms with Crippen LogP contribution in [0.25, 0.3) is 54.6 Å².